The lowest BCUT2D eigenvalue weighted by atomic mass is 10.1. The molecule has 122 valence electrons. The molecular weight excluding hydrogens is 282 g/mol. The van der Waals surface area contributed by atoms with E-state index in [1.807, 2.05) is 0 Å². The number of rotatable bonds is 7. The summed E-state index contributed by atoms with van der Waals surface area (Å²) in [4.78, 5) is 9.61. The van der Waals surface area contributed by atoms with E-state index in [1.165, 1.54) is 37.3 Å². The minimum absolute atomic E-state index is 0.701. The van der Waals surface area contributed by atoms with Crippen LogP contribution < -0.4 is 0 Å². The van der Waals surface area contributed by atoms with E-state index in [-0.39, 0.29) is 0 Å². The first-order valence-corrected chi connectivity index (χ1v) is 8.60. The summed E-state index contributed by atoms with van der Waals surface area (Å²) >= 11 is 0. The third kappa shape index (κ3) is 4.63. The Morgan fingerprint density at radius 3 is 2.61 bits per heavy atom. The van der Waals surface area contributed by atoms with Gasteiger partial charge in [0.05, 0.1) is 0 Å². The molecule has 2 aromatic rings. The molecule has 3 nitrogen and oxygen atoms in total. The molecule has 3 rings (SSSR count). The number of aromatic nitrogens is 1. The molecule has 1 saturated heterocycles. The largest absolute Gasteiger partial charge is 0.300 e. The lowest BCUT2D eigenvalue weighted by molar-refractivity contribution is 0.0445. The van der Waals surface area contributed by atoms with Gasteiger partial charge in [0.15, 0.2) is 0 Å². The van der Waals surface area contributed by atoms with Crippen molar-refractivity contribution in [2.75, 3.05) is 26.7 Å². The van der Waals surface area contributed by atoms with Crippen LogP contribution in [0.25, 0.3) is 0 Å². The highest BCUT2D eigenvalue weighted by Crippen LogP contribution is 2.16. The van der Waals surface area contributed by atoms with Crippen LogP contribution in [0.3, 0.4) is 0 Å². The van der Waals surface area contributed by atoms with Gasteiger partial charge in [-0.15, -0.1) is 0 Å². The Morgan fingerprint density at radius 2 is 1.87 bits per heavy atom. The second-order valence-electron chi connectivity index (χ2n) is 6.69. The Hall–Kier alpha value is -1.71. The van der Waals surface area contributed by atoms with Gasteiger partial charge in [0.2, 0.25) is 0 Å². The van der Waals surface area contributed by atoms with Gasteiger partial charge in [-0.1, -0.05) is 36.4 Å². The van der Waals surface area contributed by atoms with E-state index < -0.39 is 0 Å². The average Bonchev–Trinajstić information content (AvgIpc) is 2.50. The molecule has 1 fully saturated rings. The van der Waals surface area contributed by atoms with Crippen LogP contribution in [0, 0.1) is 6.92 Å². The van der Waals surface area contributed by atoms with E-state index in [0.29, 0.717) is 6.04 Å². The smallest absolute Gasteiger partial charge is 0.0407 e. The number of nitrogens with zero attached hydrogens (tertiary/aromatic N) is 3. The maximum absolute atomic E-state index is 4.58. The predicted molar refractivity (Wildman–Crippen MR) is 95.4 cm³/mol. The molecule has 0 spiro atoms. The molecule has 0 unspecified atom stereocenters. The highest BCUT2D eigenvalue weighted by molar-refractivity contribution is 5.14. The van der Waals surface area contributed by atoms with Crippen molar-refractivity contribution in [3.05, 3.63) is 65.5 Å². The van der Waals surface area contributed by atoms with Crippen LogP contribution in [0.2, 0.25) is 0 Å². The molecule has 0 N–H and O–H groups in total. The Morgan fingerprint density at radius 1 is 1.09 bits per heavy atom. The van der Waals surface area contributed by atoms with Gasteiger partial charge in [0.25, 0.3) is 0 Å². The summed E-state index contributed by atoms with van der Waals surface area (Å²) in [7, 11) is 2.24. The number of pyridine rings is 1. The van der Waals surface area contributed by atoms with Gasteiger partial charge in [-0.05, 0) is 51.1 Å². The highest BCUT2D eigenvalue weighted by atomic mass is 15.3. The fourth-order valence-corrected chi connectivity index (χ4v) is 3.23. The first kappa shape index (κ1) is 16.2. The highest BCUT2D eigenvalue weighted by Gasteiger charge is 2.29. The summed E-state index contributed by atoms with van der Waals surface area (Å²) in [5.74, 6) is 0. The zero-order chi connectivity index (χ0) is 16.1. The number of hydrogen-bond donors (Lipinski definition) is 0. The quantitative estimate of drug-likeness (QED) is 0.783. The van der Waals surface area contributed by atoms with Crippen LogP contribution in [0.1, 0.15) is 23.4 Å². The molecule has 1 aliphatic rings. The van der Waals surface area contributed by atoms with Crippen LogP contribution >= 0.6 is 0 Å². The third-order valence-corrected chi connectivity index (χ3v) is 4.69. The molecule has 1 aromatic heterocycles. The average molecular weight is 309 g/mol. The van der Waals surface area contributed by atoms with Crippen LogP contribution in [-0.2, 0) is 13.0 Å². The third-order valence-electron chi connectivity index (χ3n) is 4.69. The van der Waals surface area contributed by atoms with Gasteiger partial charge in [-0.2, -0.15) is 0 Å². The number of aryl methyl sites for hydroxylation is 2. The normalized spacial score (nSPS) is 15.8. The van der Waals surface area contributed by atoms with Gasteiger partial charge in [-0.25, -0.2) is 0 Å². The van der Waals surface area contributed by atoms with Crippen molar-refractivity contribution in [2.45, 2.75) is 32.4 Å². The number of likely N-dealkylation sites (tertiary alicyclic amines) is 1. The van der Waals surface area contributed by atoms with Crippen molar-refractivity contribution < 1.29 is 0 Å². The molecule has 0 saturated carbocycles. The number of hydrogen-bond acceptors (Lipinski definition) is 3. The number of likely N-dealkylation sites (N-methyl/N-ethyl adjacent to an activating group) is 1. The van der Waals surface area contributed by atoms with Crippen molar-refractivity contribution in [1.82, 2.24) is 14.8 Å². The van der Waals surface area contributed by atoms with E-state index in [4.69, 9.17) is 0 Å². The Balaban J connectivity index is 1.34. The second kappa shape index (κ2) is 7.71. The van der Waals surface area contributed by atoms with E-state index in [9.17, 15) is 0 Å². The van der Waals surface area contributed by atoms with Gasteiger partial charge < -0.3 is 4.90 Å². The predicted octanol–water partition coefficient (Wildman–Crippen LogP) is 3.14. The minimum atomic E-state index is 0.701. The molecule has 23 heavy (non-hydrogen) atoms. The molecule has 0 bridgehead atoms. The Bertz CT molecular complexity index is 605. The fraction of sp³-hybridized carbons (Fsp3) is 0.450. The standard InChI is InChI=1S/C20H27N3/c1-17-8-6-11-19(21-17)12-7-13-23-15-20(16-23)22(2)14-18-9-4-3-5-10-18/h3-6,8-11,20H,7,12-16H2,1-2H3. The SMILES string of the molecule is Cc1cccc(CCCN2CC(N(C)Cc3ccccc3)C2)n1. The summed E-state index contributed by atoms with van der Waals surface area (Å²) in [5, 5.41) is 0. The van der Waals surface area contributed by atoms with Crippen molar-refractivity contribution in [3.63, 3.8) is 0 Å². The minimum Gasteiger partial charge on any atom is -0.300 e. The molecule has 0 amide bonds. The summed E-state index contributed by atoms with van der Waals surface area (Å²) in [6.45, 7) is 6.69. The summed E-state index contributed by atoms with van der Waals surface area (Å²) in [6.07, 6.45) is 2.29. The van der Waals surface area contributed by atoms with Crippen LogP contribution in [-0.4, -0.2) is 47.5 Å². The Labute approximate surface area is 140 Å². The first-order chi connectivity index (χ1) is 11.2. The van der Waals surface area contributed by atoms with Crippen LogP contribution in [0.4, 0.5) is 0 Å². The van der Waals surface area contributed by atoms with Gasteiger partial charge in [0.1, 0.15) is 0 Å². The van der Waals surface area contributed by atoms with Crippen molar-refractivity contribution in [3.8, 4) is 0 Å². The maximum atomic E-state index is 4.58. The topological polar surface area (TPSA) is 19.4 Å². The lowest BCUT2D eigenvalue weighted by Gasteiger charge is -2.44. The van der Waals surface area contributed by atoms with E-state index in [2.05, 4.69) is 77.3 Å². The van der Waals surface area contributed by atoms with E-state index >= 15 is 0 Å². The fourth-order valence-electron chi connectivity index (χ4n) is 3.23. The lowest BCUT2D eigenvalue weighted by Crippen LogP contribution is -2.58. The molecule has 1 aliphatic heterocycles. The molecule has 2 heterocycles. The molecule has 0 atom stereocenters. The van der Waals surface area contributed by atoms with Gasteiger partial charge >= 0.3 is 0 Å². The van der Waals surface area contributed by atoms with Gasteiger partial charge in [-0.3, -0.25) is 9.88 Å². The molecule has 0 radical (unpaired) electrons. The molecule has 1 aromatic carbocycles. The first-order valence-electron chi connectivity index (χ1n) is 8.60. The van der Waals surface area contributed by atoms with Crippen molar-refractivity contribution >= 4 is 0 Å². The monoisotopic (exact) mass is 309 g/mol. The van der Waals surface area contributed by atoms with E-state index in [1.54, 1.807) is 0 Å². The van der Waals surface area contributed by atoms with Crippen LogP contribution in [0.15, 0.2) is 48.5 Å². The summed E-state index contributed by atoms with van der Waals surface area (Å²) in [6, 6.07) is 17.8. The summed E-state index contributed by atoms with van der Waals surface area (Å²) < 4.78 is 0. The van der Waals surface area contributed by atoms with Gasteiger partial charge in [0, 0.05) is 37.1 Å². The summed E-state index contributed by atoms with van der Waals surface area (Å²) in [5.41, 5.74) is 3.75. The molecule has 0 aliphatic carbocycles. The van der Waals surface area contributed by atoms with Crippen molar-refractivity contribution in [2.24, 2.45) is 0 Å². The van der Waals surface area contributed by atoms with Crippen molar-refractivity contribution in [1.29, 1.82) is 0 Å². The molecule has 3 heteroatoms. The van der Waals surface area contributed by atoms with Crippen LogP contribution in [0.5, 0.6) is 0 Å². The second-order valence-corrected chi connectivity index (χ2v) is 6.69. The zero-order valence-corrected chi connectivity index (χ0v) is 14.3. The zero-order valence-electron chi connectivity index (χ0n) is 14.3. The number of benzene rings is 1. The Kier molecular flexibility index (Phi) is 5.42. The maximum Gasteiger partial charge on any atom is 0.0407 e. The van der Waals surface area contributed by atoms with E-state index in [0.717, 1.165) is 18.7 Å². The molecular formula is C20H27N3.